The van der Waals surface area contributed by atoms with Crippen LogP contribution in [0.25, 0.3) is 0 Å². The molecule has 18 heavy (non-hydrogen) atoms. The normalized spacial score (nSPS) is 23.1. The second kappa shape index (κ2) is 4.64. The molecule has 2 rings (SSSR count). The smallest absolute Gasteiger partial charge is 0.408 e. The number of likely N-dealkylation sites (tertiary alicyclic amines) is 1. The Balaban J connectivity index is 2.26. The number of aryl methyl sites for hydroxylation is 1. The monoisotopic (exact) mass is 250 g/mol. The average Bonchev–Trinajstić information content (AvgIpc) is 2.74. The number of carboxylic acid groups (broad SMARTS) is 2. The Morgan fingerprint density at radius 1 is 1.44 bits per heavy atom. The van der Waals surface area contributed by atoms with E-state index in [0.717, 1.165) is 16.2 Å². The zero-order valence-corrected chi connectivity index (χ0v) is 9.91. The third kappa shape index (κ3) is 2.13. The first kappa shape index (κ1) is 12.3. The van der Waals surface area contributed by atoms with Gasteiger partial charge in [-0.1, -0.05) is 6.07 Å². The predicted octanol–water partition coefficient (Wildman–Crippen LogP) is 1.31. The van der Waals surface area contributed by atoms with Crippen molar-refractivity contribution in [3.63, 3.8) is 0 Å². The minimum atomic E-state index is -1.19. The van der Waals surface area contributed by atoms with Crippen LogP contribution >= 0.6 is 0 Å². The van der Waals surface area contributed by atoms with Crippen LogP contribution in [0.5, 0.6) is 0 Å². The van der Waals surface area contributed by atoms with Crippen molar-refractivity contribution in [1.82, 2.24) is 9.88 Å². The Hall–Kier alpha value is -2.11. The predicted molar refractivity (Wildman–Crippen MR) is 62.5 cm³/mol. The fraction of sp³-hybridized carbons (Fsp3) is 0.417. The topological polar surface area (TPSA) is 90.7 Å². The molecule has 1 aromatic heterocycles. The summed E-state index contributed by atoms with van der Waals surface area (Å²) in [5.41, 5.74) is 1.74. The zero-order chi connectivity index (χ0) is 13.3. The van der Waals surface area contributed by atoms with Gasteiger partial charge in [-0.3, -0.25) is 9.88 Å². The number of aliphatic carboxylic acids is 1. The Bertz CT molecular complexity index is 467. The Kier molecular flexibility index (Phi) is 3.18. The molecule has 6 nitrogen and oxygen atoms in total. The summed E-state index contributed by atoms with van der Waals surface area (Å²) < 4.78 is 0. The van der Waals surface area contributed by atoms with E-state index in [-0.39, 0.29) is 12.5 Å². The highest BCUT2D eigenvalue weighted by molar-refractivity contribution is 5.80. The van der Waals surface area contributed by atoms with Gasteiger partial charge in [0.2, 0.25) is 0 Å². The summed E-state index contributed by atoms with van der Waals surface area (Å²) in [5, 5.41) is 18.1. The molecule has 0 aliphatic carbocycles. The molecular formula is C12H14N2O4. The van der Waals surface area contributed by atoms with Crippen LogP contribution in [0, 0.1) is 6.92 Å². The number of carbonyl (C=O) groups is 2. The van der Waals surface area contributed by atoms with E-state index in [1.165, 1.54) is 0 Å². The lowest BCUT2D eigenvalue weighted by atomic mass is 9.95. The van der Waals surface area contributed by atoms with Crippen molar-refractivity contribution in [3.8, 4) is 0 Å². The van der Waals surface area contributed by atoms with Crippen molar-refractivity contribution in [3.05, 3.63) is 29.6 Å². The molecule has 2 atom stereocenters. The molecule has 1 aliphatic heterocycles. The maximum atomic E-state index is 11.1. The summed E-state index contributed by atoms with van der Waals surface area (Å²) in [5.74, 6) is -1.20. The summed E-state index contributed by atoms with van der Waals surface area (Å²) in [6, 6.07) is 2.69. The van der Waals surface area contributed by atoms with Crippen LogP contribution in [0.4, 0.5) is 4.79 Å². The van der Waals surface area contributed by atoms with Crippen LogP contribution in [0.3, 0.4) is 0 Å². The third-order valence-electron chi connectivity index (χ3n) is 3.32. The van der Waals surface area contributed by atoms with E-state index in [1.807, 2.05) is 13.0 Å². The molecule has 1 saturated heterocycles. The highest BCUT2D eigenvalue weighted by atomic mass is 16.4. The van der Waals surface area contributed by atoms with Crippen LogP contribution in [-0.4, -0.2) is 44.7 Å². The lowest BCUT2D eigenvalue weighted by molar-refractivity contribution is -0.141. The second-order valence-electron chi connectivity index (χ2n) is 4.40. The SMILES string of the molecule is Cc1ncccc1C1C[C@H](C(=O)O)N(C(=O)O)C1. The molecule has 2 heterocycles. The fourth-order valence-electron chi connectivity index (χ4n) is 2.43. The lowest BCUT2D eigenvalue weighted by Gasteiger charge is -2.17. The van der Waals surface area contributed by atoms with Gasteiger partial charge in [0.05, 0.1) is 0 Å². The molecule has 1 unspecified atom stereocenters. The molecule has 0 bridgehead atoms. The van der Waals surface area contributed by atoms with Crippen molar-refractivity contribution in [1.29, 1.82) is 0 Å². The molecule has 1 aliphatic rings. The number of carboxylic acids is 1. The van der Waals surface area contributed by atoms with Crippen LogP contribution in [-0.2, 0) is 4.79 Å². The summed E-state index contributed by atoms with van der Waals surface area (Å²) in [7, 11) is 0. The standard InChI is InChI=1S/C12H14N2O4/c1-7-9(3-2-4-13-7)8-5-10(11(15)16)14(6-8)12(17)18/h2-4,8,10H,5-6H2,1H3,(H,15,16)(H,17,18)/t8?,10-/m1/s1. The van der Waals surface area contributed by atoms with E-state index in [0.29, 0.717) is 6.42 Å². The van der Waals surface area contributed by atoms with Gasteiger partial charge in [-0.25, -0.2) is 9.59 Å². The van der Waals surface area contributed by atoms with Gasteiger partial charge >= 0.3 is 12.1 Å². The van der Waals surface area contributed by atoms with E-state index < -0.39 is 18.1 Å². The number of hydrogen-bond donors (Lipinski definition) is 2. The zero-order valence-electron chi connectivity index (χ0n) is 9.91. The van der Waals surface area contributed by atoms with Crippen LogP contribution in [0.2, 0.25) is 0 Å². The molecule has 0 saturated carbocycles. The van der Waals surface area contributed by atoms with Crippen molar-refractivity contribution in [2.24, 2.45) is 0 Å². The van der Waals surface area contributed by atoms with Crippen molar-refractivity contribution in [2.75, 3.05) is 6.54 Å². The Labute approximate surface area is 104 Å². The van der Waals surface area contributed by atoms with Gasteiger partial charge in [-0.15, -0.1) is 0 Å². The molecule has 96 valence electrons. The van der Waals surface area contributed by atoms with Gasteiger partial charge in [-0.05, 0) is 25.0 Å². The summed E-state index contributed by atoms with van der Waals surface area (Å²) in [4.78, 5) is 27.2. The van der Waals surface area contributed by atoms with Crippen LogP contribution in [0.15, 0.2) is 18.3 Å². The number of aromatic nitrogens is 1. The fourth-order valence-corrected chi connectivity index (χ4v) is 2.43. The first-order chi connectivity index (χ1) is 8.50. The Morgan fingerprint density at radius 3 is 2.67 bits per heavy atom. The minimum absolute atomic E-state index is 0.101. The van der Waals surface area contributed by atoms with Gasteiger partial charge in [-0.2, -0.15) is 0 Å². The third-order valence-corrected chi connectivity index (χ3v) is 3.32. The largest absolute Gasteiger partial charge is 0.480 e. The molecule has 0 aromatic carbocycles. The lowest BCUT2D eigenvalue weighted by Crippen LogP contribution is -2.39. The molecule has 1 aromatic rings. The van der Waals surface area contributed by atoms with Gasteiger partial charge in [0, 0.05) is 24.4 Å². The first-order valence-corrected chi connectivity index (χ1v) is 5.64. The van der Waals surface area contributed by atoms with Gasteiger partial charge in [0.15, 0.2) is 0 Å². The number of amides is 1. The summed E-state index contributed by atoms with van der Waals surface area (Å²) >= 11 is 0. The number of hydrogen-bond acceptors (Lipinski definition) is 3. The second-order valence-corrected chi connectivity index (χ2v) is 4.40. The van der Waals surface area contributed by atoms with Crippen molar-refractivity contribution < 1.29 is 19.8 Å². The maximum absolute atomic E-state index is 11.1. The van der Waals surface area contributed by atoms with Crippen LogP contribution < -0.4 is 0 Å². The Morgan fingerprint density at radius 2 is 2.17 bits per heavy atom. The maximum Gasteiger partial charge on any atom is 0.408 e. The minimum Gasteiger partial charge on any atom is -0.480 e. The van der Waals surface area contributed by atoms with Gasteiger partial charge in [0.25, 0.3) is 0 Å². The molecular weight excluding hydrogens is 236 g/mol. The van der Waals surface area contributed by atoms with Crippen molar-refractivity contribution in [2.45, 2.75) is 25.3 Å². The van der Waals surface area contributed by atoms with E-state index in [1.54, 1.807) is 12.3 Å². The number of pyridine rings is 1. The molecule has 1 fully saturated rings. The van der Waals surface area contributed by atoms with Crippen LogP contribution in [0.1, 0.15) is 23.6 Å². The molecule has 0 radical (unpaired) electrons. The summed E-state index contributed by atoms with van der Waals surface area (Å²) in [6.45, 7) is 2.05. The van der Waals surface area contributed by atoms with E-state index in [9.17, 15) is 9.59 Å². The molecule has 6 heteroatoms. The van der Waals surface area contributed by atoms with E-state index in [2.05, 4.69) is 4.98 Å². The average molecular weight is 250 g/mol. The van der Waals surface area contributed by atoms with Gasteiger partial charge in [0.1, 0.15) is 6.04 Å². The quantitative estimate of drug-likeness (QED) is 0.825. The number of nitrogens with zero attached hydrogens (tertiary/aromatic N) is 2. The highest BCUT2D eigenvalue weighted by Crippen LogP contribution is 2.32. The molecule has 1 amide bonds. The molecule has 0 spiro atoms. The molecule has 2 N–H and O–H groups in total. The number of rotatable bonds is 2. The van der Waals surface area contributed by atoms with Gasteiger partial charge < -0.3 is 10.2 Å². The summed E-state index contributed by atoms with van der Waals surface area (Å²) in [6.07, 6.45) is 0.775. The van der Waals surface area contributed by atoms with E-state index in [4.69, 9.17) is 10.2 Å². The van der Waals surface area contributed by atoms with E-state index >= 15 is 0 Å². The first-order valence-electron chi connectivity index (χ1n) is 5.64. The highest BCUT2D eigenvalue weighted by Gasteiger charge is 2.40. The van der Waals surface area contributed by atoms with Crippen molar-refractivity contribution >= 4 is 12.1 Å².